The third kappa shape index (κ3) is 5.44. The summed E-state index contributed by atoms with van der Waals surface area (Å²) in [5, 5.41) is 17.1. The van der Waals surface area contributed by atoms with E-state index in [-0.39, 0.29) is 37.7 Å². The summed E-state index contributed by atoms with van der Waals surface area (Å²) in [5.74, 6) is -0.200. The Kier molecular flexibility index (Phi) is 6.63. The quantitative estimate of drug-likeness (QED) is 0.497. The van der Waals surface area contributed by atoms with E-state index in [1.807, 2.05) is 0 Å². The van der Waals surface area contributed by atoms with Gasteiger partial charge in [-0.3, -0.25) is 14.3 Å². The summed E-state index contributed by atoms with van der Waals surface area (Å²) in [7, 11) is 0. The number of rotatable bonds is 7. The van der Waals surface area contributed by atoms with Gasteiger partial charge in [0.05, 0.1) is 18.3 Å². The van der Waals surface area contributed by atoms with Crippen molar-refractivity contribution in [1.82, 2.24) is 10.6 Å². The van der Waals surface area contributed by atoms with E-state index in [0.29, 0.717) is 48.4 Å². The fourth-order valence-corrected chi connectivity index (χ4v) is 6.11. The first-order chi connectivity index (χ1) is 16.9. The Labute approximate surface area is 210 Å². The molecule has 3 N–H and O–H groups in total. The Morgan fingerprint density at radius 3 is 2.42 bits per heavy atom. The van der Waals surface area contributed by atoms with E-state index in [0.717, 1.165) is 0 Å². The molecule has 0 aromatic heterocycles. The molecular formula is C24H28ClF3N2O6. The Morgan fingerprint density at radius 1 is 1.08 bits per heavy atom. The third-order valence-electron chi connectivity index (χ3n) is 7.77. The van der Waals surface area contributed by atoms with Crippen LogP contribution in [0.1, 0.15) is 63.0 Å². The van der Waals surface area contributed by atoms with E-state index in [1.165, 1.54) is 0 Å². The molecule has 0 radical (unpaired) electrons. The lowest BCUT2D eigenvalue weighted by molar-refractivity contribution is -0.357. The van der Waals surface area contributed by atoms with Gasteiger partial charge in [0.25, 0.3) is 5.91 Å². The van der Waals surface area contributed by atoms with Gasteiger partial charge in [0.15, 0.2) is 6.10 Å². The maximum Gasteiger partial charge on any atom is 0.522 e. The van der Waals surface area contributed by atoms with Gasteiger partial charge in [0, 0.05) is 40.9 Å². The van der Waals surface area contributed by atoms with E-state index in [1.54, 1.807) is 18.2 Å². The number of carbonyl (C=O) groups excluding carboxylic acids is 2. The first-order valence-corrected chi connectivity index (χ1v) is 12.4. The number of hydrogen-bond donors (Lipinski definition) is 3. The smallest absolute Gasteiger partial charge is 0.480 e. The molecule has 1 heterocycles. The number of fused-ring (bicyclic) bond motifs is 3. The third-order valence-corrected chi connectivity index (χ3v) is 8.00. The summed E-state index contributed by atoms with van der Waals surface area (Å²) in [6, 6.07) is 4.91. The molecule has 0 saturated heterocycles. The van der Waals surface area contributed by atoms with Crippen LogP contribution in [-0.4, -0.2) is 59.3 Å². The molecule has 3 saturated carbocycles. The molecule has 2 amide bonds. The van der Waals surface area contributed by atoms with Crippen LogP contribution in [-0.2, 0) is 19.1 Å². The van der Waals surface area contributed by atoms with Gasteiger partial charge in [-0.25, -0.2) is 0 Å². The zero-order valence-electron chi connectivity index (χ0n) is 19.4. The molecule has 1 aromatic carbocycles. The van der Waals surface area contributed by atoms with Crippen LogP contribution < -0.4 is 15.4 Å². The number of aliphatic hydroxyl groups is 1. The highest BCUT2D eigenvalue weighted by Gasteiger charge is 2.56. The molecule has 5 rings (SSSR count). The first kappa shape index (κ1) is 25.6. The zero-order valence-corrected chi connectivity index (χ0v) is 20.2. The van der Waals surface area contributed by atoms with Crippen LogP contribution in [0.25, 0.3) is 0 Å². The second-order valence-corrected chi connectivity index (χ2v) is 10.8. The molecule has 1 aromatic rings. The van der Waals surface area contributed by atoms with Gasteiger partial charge in [0.2, 0.25) is 5.91 Å². The number of alkyl halides is 3. The van der Waals surface area contributed by atoms with E-state index in [4.69, 9.17) is 21.1 Å². The summed E-state index contributed by atoms with van der Waals surface area (Å²) in [5.41, 5.74) is -0.359. The summed E-state index contributed by atoms with van der Waals surface area (Å²) in [6.07, 6.45) is -4.06. The molecular weight excluding hydrogens is 505 g/mol. The van der Waals surface area contributed by atoms with Gasteiger partial charge < -0.3 is 25.2 Å². The Bertz CT molecular complexity index is 1020. The van der Waals surface area contributed by atoms with Crippen LogP contribution in [0.5, 0.6) is 5.75 Å². The second-order valence-electron chi connectivity index (χ2n) is 10.4. The van der Waals surface area contributed by atoms with Crippen molar-refractivity contribution in [3.8, 4) is 5.75 Å². The van der Waals surface area contributed by atoms with Crippen molar-refractivity contribution in [3.63, 3.8) is 0 Å². The Hall–Kier alpha value is -2.08. The monoisotopic (exact) mass is 532 g/mol. The molecule has 2 atom stereocenters. The van der Waals surface area contributed by atoms with E-state index in [9.17, 15) is 27.9 Å². The van der Waals surface area contributed by atoms with Crippen LogP contribution in [0.2, 0.25) is 5.02 Å². The fraction of sp³-hybridized carbons (Fsp3) is 0.667. The number of nitrogens with one attached hydrogen (secondary N) is 2. The van der Waals surface area contributed by atoms with Gasteiger partial charge in [-0.2, -0.15) is 0 Å². The minimum absolute atomic E-state index is 0.0997. The van der Waals surface area contributed by atoms with Crippen molar-refractivity contribution in [1.29, 1.82) is 0 Å². The van der Waals surface area contributed by atoms with Crippen LogP contribution >= 0.6 is 11.6 Å². The van der Waals surface area contributed by atoms with Gasteiger partial charge >= 0.3 is 6.36 Å². The van der Waals surface area contributed by atoms with Crippen molar-refractivity contribution < 1.29 is 42.1 Å². The average molecular weight is 533 g/mol. The lowest BCUT2D eigenvalue weighted by Crippen LogP contribution is -2.51. The molecule has 1 aliphatic heterocycles. The maximum atomic E-state index is 13.1. The van der Waals surface area contributed by atoms with Gasteiger partial charge in [-0.05, 0) is 50.3 Å². The number of aliphatic hydroxyl groups excluding tert-OH is 1. The van der Waals surface area contributed by atoms with Gasteiger partial charge in [-0.15, -0.1) is 13.2 Å². The highest BCUT2D eigenvalue weighted by molar-refractivity contribution is 6.30. The minimum atomic E-state index is -4.67. The Balaban J connectivity index is 1.09. The SMILES string of the molecule is O=C(CO[C@H]1C[C@@H](OC(F)(F)F)C1)NC12CCC(NC(=O)C3CC(O)c4cc(Cl)ccc4O3)(CC1)C2. The molecule has 2 bridgehead atoms. The molecule has 12 heteroatoms. The number of ether oxygens (including phenoxy) is 3. The van der Waals surface area contributed by atoms with Crippen LogP contribution in [0.4, 0.5) is 13.2 Å². The highest BCUT2D eigenvalue weighted by Crippen LogP contribution is 2.51. The summed E-state index contributed by atoms with van der Waals surface area (Å²) < 4.78 is 51.8. The molecule has 3 aliphatic carbocycles. The molecule has 0 spiro atoms. The van der Waals surface area contributed by atoms with Crippen molar-refractivity contribution in [2.75, 3.05) is 6.61 Å². The van der Waals surface area contributed by atoms with Crippen molar-refractivity contribution in [2.45, 2.75) is 93.2 Å². The fourth-order valence-electron chi connectivity index (χ4n) is 5.93. The van der Waals surface area contributed by atoms with E-state index >= 15 is 0 Å². The largest absolute Gasteiger partial charge is 0.522 e. The normalized spacial score (nSPS) is 34.9. The first-order valence-electron chi connectivity index (χ1n) is 12.1. The average Bonchev–Trinajstić information content (AvgIpc) is 3.29. The predicted octanol–water partition coefficient (Wildman–Crippen LogP) is 3.30. The molecule has 36 heavy (non-hydrogen) atoms. The molecule has 198 valence electrons. The lowest BCUT2D eigenvalue weighted by Gasteiger charge is -2.35. The number of hydrogen-bond acceptors (Lipinski definition) is 6. The zero-order chi connectivity index (χ0) is 25.7. The van der Waals surface area contributed by atoms with Gasteiger partial charge in [-0.1, -0.05) is 11.6 Å². The van der Waals surface area contributed by atoms with Crippen molar-refractivity contribution in [3.05, 3.63) is 28.8 Å². The van der Waals surface area contributed by atoms with Crippen LogP contribution in [0.15, 0.2) is 18.2 Å². The van der Waals surface area contributed by atoms with E-state index in [2.05, 4.69) is 15.4 Å². The maximum absolute atomic E-state index is 13.1. The predicted molar refractivity (Wildman–Crippen MR) is 120 cm³/mol. The second kappa shape index (κ2) is 9.34. The molecule has 2 unspecified atom stereocenters. The molecule has 3 fully saturated rings. The number of carbonyl (C=O) groups is 2. The minimum Gasteiger partial charge on any atom is -0.480 e. The molecule has 8 nitrogen and oxygen atoms in total. The summed E-state index contributed by atoms with van der Waals surface area (Å²) >= 11 is 5.99. The standard InChI is InChI=1S/C24H28ClF3N2O6/c25-13-1-2-18-16(7-13)17(31)10-19(35-18)21(33)30-23-5-3-22(12-23,4-6-23)29-20(32)11-34-14-8-15(9-14)36-24(26,27)28/h1-2,7,14-15,17,19,31H,3-6,8-12H2,(H,29,32)(H,30,33)/t14-,15+,17?,19?,22?,23?. The highest BCUT2D eigenvalue weighted by atomic mass is 35.5. The molecule has 4 aliphatic rings. The summed E-state index contributed by atoms with van der Waals surface area (Å²) in [6.45, 7) is -0.234. The van der Waals surface area contributed by atoms with Crippen LogP contribution in [0.3, 0.4) is 0 Å². The number of benzene rings is 1. The Morgan fingerprint density at radius 2 is 1.75 bits per heavy atom. The number of halogens is 4. The lowest BCUT2D eigenvalue weighted by atomic mass is 9.90. The summed E-state index contributed by atoms with van der Waals surface area (Å²) in [4.78, 5) is 25.5. The number of amides is 2. The van der Waals surface area contributed by atoms with Gasteiger partial charge in [0.1, 0.15) is 12.4 Å². The van der Waals surface area contributed by atoms with Crippen LogP contribution in [0, 0.1) is 0 Å². The topological polar surface area (TPSA) is 106 Å². The van der Waals surface area contributed by atoms with Crippen molar-refractivity contribution in [2.24, 2.45) is 0 Å². The van der Waals surface area contributed by atoms with Crippen molar-refractivity contribution >= 4 is 23.4 Å². The van der Waals surface area contributed by atoms with E-state index < -0.39 is 41.9 Å².